The van der Waals surface area contributed by atoms with Crippen molar-refractivity contribution < 1.29 is 4.74 Å². The first-order valence-electron chi connectivity index (χ1n) is 8.84. The van der Waals surface area contributed by atoms with E-state index in [1.807, 2.05) is 54.6 Å². The number of aromatic amines is 1. The third-order valence-electron chi connectivity index (χ3n) is 4.70. The Morgan fingerprint density at radius 2 is 1.73 bits per heavy atom. The summed E-state index contributed by atoms with van der Waals surface area (Å²) in [6.07, 6.45) is 3.09. The zero-order chi connectivity index (χ0) is 17.9. The molecule has 0 fully saturated rings. The van der Waals surface area contributed by atoms with Gasteiger partial charge in [-0.25, -0.2) is 0 Å². The minimum Gasteiger partial charge on any atom is -0.457 e. The average Bonchev–Trinajstić information content (AvgIpc) is 3.07. The number of rotatable bonds is 5. The maximum absolute atomic E-state index is 6.22. The zero-order valence-corrected chi connectivity index (χ0v) is 15.3. The van der Waals surface area contributed by atoms with Crippen molar-refractivity contribution >= 4 is 22.5 Å². The van der Waals surface area contributed by atoms with Gasteiger partial charge in [0, 0.05) is 28.0 Å². The molecule has 1 unspecified atom stereocenters. The van der Waals surface area contributed by atoms with E-state index in [2.05, 4.69) is 36.3 Å². The van der Waals surface area contributed by atoms with Crippen LogP contribution >= 0.6 is 11.6 Å². The number of nitrogens with one attached hydrogen (secondary N) is 1. The van der Waals surface area contributed by atoms with Gasteiger partial charge in [0.2, 0.25) is 0 Å². The lowest BCUT2D eigenvalue weighted by atomic mass is 9.89. The van der Waals surface area contributed by atoms with Crippen LogP contribution < -0.4 is 4.74 Å². The molecule has 2 nitrogen and oxygen atoms in total. The Labute approximate surface area is 158 Å². The van der Waals surface area contributed by atoms with Crippen LogP contribution in [0.4, 0.5) is 0 Å². The van der Waals surface area contributed by atoms with E-state index >= 15 is 0 Å². The van der Waals surface area contributed by atoms with Crippen LogP contribution in [0, 0.1) is 0 Å². The van der Waals surface area contributed by atoms with Gasteiger partial charge < -0.3 is 9.72 Å². The summed E-state index contributed by atoms with van der Waals surface area (Å²) in [4.78, 5) is 3.36. The third kappa shape index (κ3) is 3.33. The Kier molecular flexibility index (Phi) is 4.68. The topological polar surface area (TPSA) is 25.0 Å². The molecule has 0 spiro atoms. The fourth-order valence-corrected chi connectivity index (χ4v) is 3.63. The summed E-state index contributed by atoms with van der Waals surface area (Å²) >= 11 is 6.22. The highest BCUT2D eigenvalue weighted by molar-refractivity contribution is 6.31. The Morgan fingerprint density at radius 1 is 0.923 bits per heavy atom. The molecule has 0 aliphatic carbocycles. The van der Waals surface area contributed by atoms with E-state index in [0.29, 0.717) is 0 Å². The van der Waals surface area contributed by atoms with Gasteiger partial charge in [0.05, 0.1) is 0 Å². The first-order valence-corrected chi connectivity index (χ1v) is 9.22. The van der Waals surface area contributed by atoms with Gasteiger partial charge in [-0.3, -0.25) is 0 Å². The van der Waals surface area contributed by atoms with Crippen molar-refractivity contribution in [1.29, 1.82) is 0 Å². The van der Waals surface area contributed by atoms with Gasteiger partial charge in [0.25, 0.3) is 0 Å². The lowest BCUT2D eigenvalue weighted by Gasteiger charge is -2.16. The van der Waals surface area contributed by atoms with Crippen molar-refractivity contribution in [3.8, 4) is 11.5 Å². The number of fused-ring (bicyclic) bond motifs is 1. The lowest BCUT2D eigenvalue weighted by Crippen LogP contribution is -1.99. The predicted molar refractivity (Wildman–Crippen MR) is 108 cm³/mol. The standard InChI is InChI=1S/C23H20ClNO/c1-2-20(22-15-25-23-12-11-17(24)14-21(22)23)16-7-6-10-19(13-16)26-18-8-4-3-5-9-18/h3-15,20,25H,2H2,1H3. The lowest BCUT2D eigenvalue weighted by molar-refractivity contribution is 0.481. The van der Waals surface area contributed by atoms with Gasteiger partial charge in [0.15, 0.2) is 0 Å². The number of H-pyrrole nitrogens is 1. The molecule has 0 aliphatic heterocycles. The number of aromatic nitrogens is 1. The number of halogens is 1. The second kappa shape index (κ2) is 7.27. The van der Waals surface area contributed by atoms with Gasteiger partial charge in [-0.2, -0.15) is 0 Å². The normalized spacial score (nSPS) is 12.2. The summed E-state index contributed by atoms with van der Waals surface area (Å²) in [7, 11) is 0. The third-order valence-corrected chi connectivity index (χ3v) is 4.93. The number of benzene rings is 3. The van der Waals surface area contributed by atoms with E-state index in [1.165, 1.54) is 16.5 Å². The summed E-state index contributed by atoms with van der Waals surface area (Å²) in [5.41, 5.74) is 3.61. The largest absolute Gasteiger partial charge is 0.457 e. The molecule has 1 aromatic heterocycles. The monoisotopic (exact) mass is 361 g/mol. The second-order valence-electron chi connectivity index (χ2n) is 6.38. The van der Waals surface area contributed by atoms with E-state index in [0.717, 1.165) is 28.5 Å². The molecular formula is C23H20ClNO. The van der Waals surface area contributed by atoms with Crippen molar-refractivity contribution in [2.45, 2.75) is 19.3 Å². The summed E-state index contributed by atoms with van der Waals surface area (Å²) in [6.45, 7) is 2.21. The summed E-state index contributed by atoms with van der Waals surface area (Å²) in [5, 5.41) is 1.94. The highest BCUT2D eigenvalue weighted by atomic mass is 35.5. The Morgan fingerprint density at radius 3 is 2.54 bits per heavy atom. The van der Waals surface area contributed by atoms with Gasteiger partial charge >= 0.3 is 0 Å². The molecule has 1 atom stereocenters. The number of ether oxygens (including phenoxy) is 1. The molecule has 0 saturated heterocycles. The highest BCUT2D eigenvalue weighted by Gasteiger charge is 2.17. The van der Waals surface area contributed by atoms with Crippen LogP contribution in [-0.4, -0.2) is 4.98 Å². The highest BCUT2D eigenvalue weighted by Crippen LogP contribution is 2.36. The molecule has 130 valence electrons. The molecule has 0 aliphatic rings. The molecule has 4 rings (SSSR count). The van der Waals surface area contributed by atoms with Crippen molar-refractivity contribution in [2.24, 2.45) is 0 Å². The minimum absolute atomic E-state index is 0.279. The van der Waals surface area contributed by atoms with E-state index in [1.54, 1.807) is 0 Å². The van der Waals surface area contributed by atoms with Gasteiger partial charge in [-0.1, -0.05) is 48.9 Å². The SMILES string of the molecule is CCC(c1cccc(Oc2ccccc2)c1)c1c[nH]c2ccc(Cl)cc12. The van der Waals surface area contributed by atoms with E-state index < -0.39 is 0 Å². The van der Waals surface area contributed by atoms with Crippen LogP contribution in [0.25, 0.3) is 10.9 Å². The van der Waals surface area contributed by atoms with Crippen LogP contribution in [0.3, 0.4) is 0 Å². The molecule has 0 amide bonds. The Bertz CT molecular complexity index is 1020. The van der Waals surface area contributed by atoms with Crippen LogP contribution in [0.15, 0.2) is 79.0 Å². The van der Waals surface area contributed by atoms with E-state index in [4.69, 9.17) is 16.3 Å². The molecule has 0 bridgehead atoms. The number of para-hydroxylation sites is 1. The number of hydrogen-bond acceptors (Lipinski definition) is 1. The molecule has 3 aromatic carbocycles. The van der Waals surface area contributed by atoms with Gasteiger partial charge in [0.1, 0.15) is 11.5 Å². The zero-order valence-electron chi connectivity index (χ0n) is 14.6. The van der Waals surface area contributed by atoms with Crippen molar-refractivity contribution in [3.05, 3.63) is 95.1 Å². The molecule has 1 N–H and O–H groups in total. The average molecular weight is 362 g/mol. The maximum atomic E-state index is 6.22. The van der Waals surface area contributed by atoms with E-state index in [9.17, 15) is 0 Å². The first kappa shape index (κ1) is 16.7. The molecule has 0 radical (unpaired) electrons. The summed E-state index contributed by atoms with van der Waals surface area (Å²) in [6, 6.07) is 24.2. The summed E-state index contributed by atoms with van der Waals surface area (Å²) < 4.78 is 6.01. The molecule has 0 saturated carbocycles. The van der Waals surface area contributed by atoms with Gasteiger partial charge in [-0.05, 0) is 60.0 Å². The molecule has 4 aromatic rings. The Balaban J connectivity index is 1.70. The van der Waals surface area contributed by atoms with Crippen molar-refractivity contribution in [3.63, 3.8) is 0 Å². The summed E-state index contributed by atoms with van der Waals surface area (Å²) in [5.74, 6) is 1.98. The van der Waals surface area contributed by atoms with Crippen LogP contribution in [0.2, 0.25) is 5.02 Å². The van der Waals surface area contributed by atoms with Crippen LogP contribution in [-0.2, 0) is 0 Å². The molecule has 26 heavy (non-hydrogen) atoms. The maximum Gasteiger partial charge on any atom is 0.127 e. The fraction of sp³-hybridized carbons (Fsp3) is 0.130. The number of hydrogen-bond donors (Lipinski definition) is 1. The quantitative estimate of drug-likeness (QED) is 0.401. The fourth-order valence-electron chi connectivity index (χ4n) is 3.46. The van der Waals surface area contributed by atoms with Crippen molar-refractivity contribution in [1.82, 2.24) is 4.98 Å². The van der Waals surface area contributed by atoms with Crippen molar-refractivity contribution in [2.75, 3.05) is 0 Å². The molecule has 1 heterocycles. The Hall–Kier alpha value is -2.71. The minimum atomic E-state index is 0.279. The van der Waals surface area contributed by atoms with Crippen LogP contribution in [0.5, 0.6) is 11.5 Å². The second-order valence-corrected chi connectivity index (χ2v) is 6.82. The predicted octanol–water partition coefficient (Wildman–Crippen LogP) is 7.16. The molecular weight excluding hydrogens is 342 g/mol. The smallest absolute Gasteiger partial charge is 0.127 e. The molecule has 3 heteroatoms. The van der Waals surface area contributed by atoms with Crippen LogP contribution in [0.1, 0.15) is 30.4 Å². The van der Waals surface area contributed by atoms with Gasteiger partial charge in [-0.15, -0.1) is 0 Å². The first-order chi connectivity index (χ1) is 12.7. The van der Waals surface area contributed by atoms with E-state index in [-0.39, 0.29) is 5.92 Å².